The highest BCUT2D eigenvalue weighted by Gasteiger charge is 2.37. The zero-order valence-electron chi connectivity index (χ0n) is 11.7. The van der Waals surface area contributed by atoms with Crippen LogP contribution in [0.2, 0.25) is 0 Å². The van der Waals surface area contributed by atoms with E-state index in [-0.39, 0.29) is 24.7 Å². The molecule has 116 valence electrons. The topological polar surface area (TPSA) is 79.5 Å². The van der Waals surface area contributed by atoms with Crippen LogP contribution < -0.4 is 0 Å². The molecule has 1 aromatic carbocycles. The van der Waals surface area contributed by atoms with E-state index in [1.165, 1.54) is 11.0 Å². The number of hydrogen-bond donors (Lipinski definition) is 1. The molecule has 1 aromatic heterocycles. The van der Waals surface area contributed by atoms with Gasteiger partial charge in [-0.15, -0.1) is 0 Å². The summed E-state index contributed by atoms with van der Waals surface area (Å²) >= 11 is 0. The number of aryl methyl sites for hydroxylation is 1. The van der Waals surface area contributed by atoms with Crippen LogP contribution in [0.3, 0.4) is 0 Å². The minimum absolute atomic E-state index is 0.0656. The molecule has 0 aliphatic carbocycles. The van der Waals surface area contributed by atoms with Gasteiger partial charge in [-0.1, -0.05) is 11.2 Å². The molecule has 2 atom stereocenters. The van der Waals surface area contributed by atoms with Crippen molar-refractivity contribution < 1.29 is 23.2 Å². The Labute approximate surface area is 124 Å². The van der Waals surface area contributed by atoms with Gasteiger partial charge in [0.05, 0.1) is 12.1 Å². The van der Waals surface area contributed by atoms with Crippen LogP contribution in [0.25, 0.3) is 0 Å². The van der Waals surface area contributed by atoms with Gasteiger partial charge < -0.3 is 14.5 Å². The molecule has 8 heteroatoms. The van der Waals surface area contributed by atoms with Gasteiger partial charge in [0.15, 0.2) is 11.6 Å². The number of aliphatic hydroxyl groups is 1. The molecule has 1 amide bonds. The number of aromatic nitrogens is 2. The van der Waals surface area contributed by atoms with Gasteiger partial charge in [-0.05, 0) is 24.1 Å². The predicted molar refractivity (Wildman–Crippen MR) is 69.8 cm³/mol. The highest BCUT2D eigenvalue weighted by atomic mass is 19.2. The Morgan fingerprint density at radius 3 is 2.82 bits per heavy atom. The number of rotatable bonds is 2. The number of likely N-dealkylation sites (tertiary alicyclic amines) is 1. The molecule has 1 N–H and O–H groups in total. The summed E-state index contributed by atoms with van der Waals surface area (Å²) in [7, 11) is 0. The number of benzene rings is 1. The van der Waals surface area contributed by atoms with Crippen molar-refractivity contribution in [1.82, 2.24) is 15.0 Å². The molecule has 0 unspecified atom stereocenters. The second-order valence-electron chi connectivity index (χ2n) is 5.17. The lowest BCUT2D eigenvalue weighted by atomic mass is 10.0. The highest BCUT2D eigenvalue weighted by Crippen LogP contribution is 2.33. The zero-order valence-corrected chi connectivity index (χ0v) is 11.7. The van der Waals surface area contributed by atoms with Crippen molar-refractivity contribution in [3.05, 3.63) is 47.1 Å². The van der Waals surface area contributed by atoms with E-state index in [0.29, 0.717) is 5.56 Å². The molecule has 6 nitrogen and oxygen atoms in total. The Bertz CT molecular complexity index is 719. The van der Waals surface area contributed by atoms with Gasteiger partial charge in [0.2, 0.25) is 5.89 Å². The molecular formula is C14H13F2N3O3. The first-order valence-electron chi connectivity index (χ1n) is 6.70. The third-order valence-corrected chi connectivity index (χ3v) is 3.59. The van der Waals surface area contributed by atoms with Gasteiger partial charge in [-0.2, -0.15) is 4.98 Å². The molecule has 2 heterocycles. The number of aliphatic hydroxyl groups excluding tert-OH is 1. The van der Waals surface area contributed by atoms with Crippen LogP contribution >= 0.6 is 0 Å². The zero-order chi connectivity index (χ0) is 15.9. The standard InChI is InChI=1S/C14H13F2N3O3/c1-7-17-13(18-22-7)14(21)19-6-9(20)5-12(19)8-2-3-10(15)11(16)4-8/h2-4,9,12,20H,5-6H2,1H3/t9-,12-/m1/s1. The number of carbonyl (C=O) groups is 1. The van der Waals surface area contributed by atoms with Crippen molar-refractivity contribution in [2.45, 2.75) is 25.5 Å². The van der Waals surface area contributed by atoms with Crippen LogP contribution in [0.1, 0.15) is 34.5 Å². The number of carbonyl (C=O) groups excluding carboxylic acids is 1. The Balaban J connectivity index is 1.91. The minimum Gasteiger partial charge on any atom is -0.391 e. The Morgan fingerprint density at radius 2 is 2.18 bits per heavy atom. The van der Waals surface area contributed by atoms with E-state index in [9.17, 15) is 18.7 Å². The molecule has 2 aromatic rings. The molecule has 1 fully saturated rings. The Hall–Kier alpha value is -2.35. The minimum atomic E-state index is -0.998. The third-order valence-electron chi connectivity index (χ3n) is 3.59. The number of β-amino-alcohol motifs (C(OH)–C–C–N with tert-alkyl or cyclic N) is 1. The molecule has 0 bridgehead atoms. The van der Waals surface area contributed by atoms with Gasteiger partial charge in [0.1, 0.15) is 0 Å². The molecule has 0 radical (unpaired) electrons. The van der Waals surface area contributed by atoms with Gasteiger partial charge in [-0.25, -0.2) is 8.78 Å². The Kier molecular flexibility index (Phi) is 3.61. The summed E-state index contributed by atoms with van der Waals surface area (Å²) in [5, 5.41) is 13.4. The second-order valence-corrected chi connectivity index (χ2v) is 5.17. The average molecular weight is 309 g/mol. The van der Waals surface area contributed by atoms with Gasteiger partial charge >= 0.3 is 0 Å². The summed E-state index contributed by atoms with van der Waals surface area (Å²) in [6.07, 6.45) is -0.525. The number of amides is 1. The number of halogens is 2. The first kappa shape index (κ1) is 14.6. The maximum atomic E-state index is 13.4. The maximum absolute atomic E-state index is 13.4. The highest BCUT2D eigenvalue weighted by molar-refractivity contribution is 5.90. The summed E-state index contributed by atoms with van der Waals surface area (Å²) in [5.74, 6) is -2.37. The lowest BCUT2D eigenvalue weighted by molar-refractivity contribution is 0.0700. The number of nitrogens with zero attached hydrogens (tertiary/aromatic N) is 3. The van der Waals surface area contributed by atoms with Gasteiger partial charge in [0, 0.05) is 13.5 Å². The lowest BCUT2D eigenvalue weighted by Gasteiger charge is -2.23. The van der Waals surface area contributed by atoms with Crippen LogP contribution in [0.15, 0.2) is 22.7 Å². The maximum Gasteiger partial charge on any atom is 0.295 e. The molecule has 22 heavy (non-hydrogen) atoms. The van der Waals surface area contributed by atoms with E-state index in [2.05, 4.69) is 10.1 Å². The van der Waals surface area contributed by atoms with Crippen LogP contribution in [0.5, 0.6) is 0 Å². The summed E-state index contributed by atoms with van der Waals surface area (Å²) in [4.78, 5) is 17.6. The predicted octanol–water partition coefficient (Wildman–Crippen LogP) is 1.60. The molecule has 1 aliphatic rings. The molecule has 0 spiro atoms. The summed E-state index contributed by atoms with van der Waals surface area (Å²) in [6.45, 7) is 1.62. The fraction of sp³-hybridized carbons (Fsp3) is 0.357. The quantitative estimate of drug-likeness (QED) is 0.911. The lowest BCUT2D eigenvalue weighted by Crippen LogP contribution is -2.32. The normalized spacial score (nSPS) is 21.4. The third kappa shape index (κ3) is 2.57. The monoisotopic (exact) mass is 309 g/mol. The first-order chi connectivity index (χ1) is 10.5. The van der Waals surface area contributed by atoms with Crippen LogP contribution in [0.4, 0.5) is 8.78 Å². The van der Waals surface area contributed by atoms with Crippen molar-refractivity contribution >= 4 is 5.91 Å². The fourth-order valence-corrected chi connectivity index (χ4v) is 2.59. The molecule has 1 aliphatic heterocycles. The summed E-state index contributed by atoms with van der Waals surface area (Å²) < 4.78 is 31.2. The van der Waals surface area contributed by atoms with E-state index >= 15 is 0 Å². The van der Waals surface area contributed by atoms with Crippen molar-refractivity contribution in [2.24, 2.45) is 0 Å². The van der Waals surface area contributed by atoms with Gasteiger partial charge in [-0.3, -0.25) is 4.79 Å². The van der Waals surface area contributed by atoms with E-state index in [4.69, 9.17) is 4.52 Å². The summed E-state index contributed by atoms with van der Waals surface area (Å²) in [5.41, 5.74) is 0.406. The van der Waals surface area contributed by atoms with E-state index in [0.717, 1.165) is 12.1 Å². The average Bonchev–Trinajstić information content (AvgIpc) is 3.07. The van der Waals surface area contributed by atoms with Crippen LogP contribution in [-0.2, 0) is 0 Å². The largest absolute Gasteiger partial charge is 0.391 e. The van der Waals surface area contributed by atoms with Crippen LogP contribution in [0, 0.1) is 18.6 Å². The van der Waals surface area contributed by atoms with Crippen molar-refractivity contribution in [2.75, 3.05) is 6.54 Å². The second kappa shape index (κ2) is 5.45. The smallest absolute Gasteiger partial charge is 0.295 e. The number of hydrogen-bond acceptors (Lipinski definition) is 5. The van der Waals surface area contributed by atoms with E-state index in [1.807, 2.05) is 0 Å². The molecular weight excluding hydrogens is 296 g/mol. The van der Waals surface area contributed by atoms with Crippen molar-refractivity contribution in [3.63, 3.8) is 0 Å². The Morgan fingerprint density at radius 1 is 1.41 bits per heavy atom. The van der Waals surface area contributed by atoms with Gasteiger partial charge in [0.25, 0.3) is 11.7 Å². The molecule has 1 saturated heterocycles. The van der Waals surface area contributed by atoms with E-state index < -0.39 is 29.7 Å². The summed E-state index contributed by atoms with van der Waals surface area (Å²) in [6, 6.07) is 2.84. The van der Waals surface area contributed by atoms with E-state index in [1.54, 1.807) is 6.92 Å². The fourth-order valence-electron chi connectivity index (χ4n) is 2.59. The van der Waals surface area contributed by atoms with Crippen LogP contribution in [-0.4, -0.2) is 38.7 Å². The van der Waals surface area contributed by atoms with Crippen molar-refractivity contribution in [3.8, 4) is 0 Å². The SMILES string of the molecule is Cc1nc(C(=O)N2C[C@H](O)C[C@@H]2c2ccc(F)c(F)c2)no1. The first-order valence-corrected chi connectivity index (χ1v) is 6.70. The molecule has 3 rings (SSSR count). The molecule has 0 saturated carbocycles. The van der Waals surface area contributed by atoms with Crippen molar-refractivity contribution in [1.29, 1.82) is 0 Å².